The Morgan fingerprint density at radius 3 is 2.83 bits per heavy atom. The molecule has 0 aliphatic carbocycles. The molecular formula is C13H21BrN2OS. The number of nitrogens with zero attached hydrogens (tertiary/aromatic N) is 1. The van der Waals surface area contributed by atoms with Crippen LogP contribution in [0.3, 0.4) is 0 Å². The van der Waals surface area contributed by atoms with E-state index in [1.807, 2.05) is 0 Å². The second kappa shape index (κ2) is 6.01. The standard InChI is InChI=1S/C13H21BrN2OS/c1-8-5-6-16(10(8)7-17)13(9(2)15)11-3-4-12(14)18-11/h3-4,8-10,13,17H,5-7,15H2,1-2H3. The van der Waals surface area contributed by atoms with Gasteiger partial charge in [-0.2, -0.15) is 0 Å². The summed E-state index contributed by atoms with van der Waals surface area (Å²) in [4.78, 5) is 3.66. The number of hydrogen-bond donors (Lipinski definition) is 2. The lowest BCUT2D eigenvalue weighted by Gasteiger charge is -2.35. The molecule has 1 saturated heterocycles. The molecule has 1 aliphatic heterocycles. The third-order valence-corrected chi connectivity index (χ3v) is 5.55. The second-order valence-electron chi connectivity index (χ2n) is 5.20. The molecule has 1 aromatic heterocycles. The number of aliphatic hydroxyl groups is 1. The van der Waals surface area contributed by atoms with E-state index in [4.69, 9.17) is 5.73 Å². The minimum absolute atomic E-state index is 0.0647. The van der Waals surface area contributed by atoms with Crippen molar-refractivity contribution in [3.05, 3.63) is 20.8 Å². The van der Waals surface area contributed by atoms with Crippen molar-refractivity contribution in [1.82, 2.24) is 4.90 Å². The summed E-state index contributed by atoms with van der Waals surface area (Å²) >= 11 is 5.25. The van der Waals surface area contributed by atoms with E-state index < -0.39 is 0 Å². The summed E-state index contributed by atoms with van der Waals surface area (Å²) in [5.74, 6) is 0.541. The number of hydrogen-bond acceptors (Lipinski definition) is 4. The van der Waals surface area contributed by atoms with E-state index >= 15 is 0 Å². The van der Waals surface area contributed by atoms with Crippen molar-refractivity contribution < 1.29 is 5.11 Å². The fraction of sp³-hybridized carbons (Fsp3) is 0.692. The van der Waals surface area contributed by atoms with Gasteiger partial charge in [0.15, 0.2) is 0 Å². The van der Waals surface area contributed by atoms with Gasteiger partial charge >= 0.3 is 0 Å². The van der Waals surface area contributed by atoms with Gasteiger partial charge in [-0.25, -0.2) is 0 Å². The number of rotatable bonds is 4. The first kappa shape index (κ1) is 14.5. The molecule has 1 aliphatic rings. The third-order valence-electron chi connectivity index (χ3n) is 3.85. The van der Waals surface area contributed by atoms with Gasteiger partial charge in [0.2, 0.25) is 0 Å². The maximum Gasteiger partial charge on any atom is 0.0702 e. The Morgan fingerprint density at radius 2 is 2.33 bits per heavy atom. The number of halogens is 1. The van der Waals surface area contributed by atoms with Crippen LogP contribution in [0.25, 0.3) is 0 Å². The largest absolute Gasteiger partial charge is 0.395 e. The summed E-state index contributed by atoms with van der Waals surface area (Å²) in [6.07, 6.45) is 1.14. The monoisotopic (exact) mass is 332 g/mol. The van der Waals surface area contributed by atoms with E-state index in [0.29, 0.717) is 5.92 Å². The minimum atomic E-state index is 0.0647. The number of aliphatic hydroxyl groups excluding tert-OH is 1. The van der Waals surface area contributed by atoms with Gasteiger partial charge in [-0.3, -0.25) is 4.90 Å². The zero-order chi connectivity index (χ0) is 13.3. The first-order chi connectivity index (χ1) is 8.54. The lowest BCUT2D eigenvalue weighted by molar-refractivity contribution is 0.0942. The van der Waals surface area contributed by atoms with Crippen molar-refractivity contribution >= 4 is 27.3 Å². The van der Waals surface area contributed by atoms with E-state index in [2.05, 4.69) is 46.8 Å². The molecule has 4 atom stereocenters. The molecule has 0 saturated carbocycles. The van der Waals surface area contributed by atoms with E-state index in [-0.39, 0.29) is 24.7 Å². The first-order valence-corrected chi connectivity index (χ1v) is 8.03. The predicted octanol–water partition coefficient (Wildman–Crippen LogP) is 2.60. The SMILES string of the molecule is CC(N)C(c1ccc(Br)s1)N1CCC(C)C1CO. The van der Waals surface area contributed by atoms with E-state index in [1.165, 1.54) is 4.88 Å². The van der Waals surface area contributed by atoms with Crippen LogP contribution in [0.2, 0.25) is 0 Å². The van der Waals surface area contributed by atoms with Gasteiger partial charge in [0, 0.05) is 17.0 Å². The van der Waals surface area contributed by atoms with Crippen molar-refractivity contribution in [2.24, 2.45) is 11.7 Å². The Hall–Kier alpha value is 0.0600. The summed E-state index contributed by atoms with van der Waals surface area (Å²) in [7, 11) is 0. The fourth-order valence-corrected chi connectivity index (χ4v) is 4.54. The van der Waals surface area contributed by atoms with Crippen LogP contribution in [0, 0.1) is 5.92 Å². The molecular weight excluding hydrogens is 312 g/mol. The molecule has 5 heteroatoms. The molecule has 0 radical (unpaired) electrons. The Morgan fingerprint density at radius 1 is 1.61 bits per heavy atom. The lowest BCUT2D eigenvalue weighted by atomic mass is 10.0. The normalized spacial score (nSPS) is 28.5. The highest BCUT2D eigenvalue weighted by Crippen LogP contribution is 2.37. The number of thiophene rings is 1. The molecule has 2 heterocycles. The van der Waals surface area contributed by atoms with Crippen LogP contribution in [0.5, 0.6) is 0 Å². The van der Waals surface area contributed by atoms with Crippen molar-refractivity contribution in [2.45, 2.75) is 38.4 Å². The Bertz CT molecular complexity index is 396. The molecule has 2 rings (SSSR count). The third kappa shape index (κ3) is 2.80. The molecule has 102 valence electrons. The maximum absolute atomic E-state index is 9.60. The van der Waals surface area contributed by atoms with Gasteiger partial charge in [0.25, 0.3) is 0 Å². The van der Waals surface area contributed by atoms with Crippen molar-refractivity contribution in [1.29, 1.82) is 0 Å². The highest BCUT2D eigenvalue weighted by Gasteiger charge is 2.37. The van der Waals surface area contributed by atoms with Gasteiger partial charge in [0.1, 0.15) is 0 Å². The van der Waals surface area contributed by atoms with Crippen LogP contribution >= 0.6 is 27.3 Å². The Balaban J connectivity index is 2.25. The summed E-state index contributed by atoms with van der Waals surface area (Å²) < 4.78 is 1.14. The average Bonchev–Trinajstić information content (AvgIpc) is 2.86. The summed E-state index contributed by atoms with van der Waals surface area (Å²) in [5.41, 5.74) is 6.19. The van der Waals surface area contributed by atoms with Crippen LogP contribution in [-0.2, 0) is 0 Å². The van der Waals surface area contributed by atoms with Crippen LogP contribution < -0.4 is 5.73 Å². The van der Waals surface area contributed by atoms with E-state index in [0.717, 1.165) is 16.8 Å². The number of nitrogens with two attached hydrogens (primary N) is 1. The minimum Gasteiger partial charge on any atom is -0.395 e. The zero-order valence-corrected chi connectivity index (χ0v) is 13.2. The summed E-state index contributed by atoms with van der Waals surface area (Å²) in [5, 5.41) is 9.60. The van der Waals surface area contributed by atoms with Crippen LogP contribution in [0.1, 0.15) is 31.2 Å². The van der Waals surface area contributed by atoms with Gasteiger partial charge in [-0.15, -0.1) is 11.3 Å². The molecule has 18 heavy (non-hydrogen) atoms. The zero-order valence-electron chi connectivity index (χ0n) is 10.8. The Labute approximate surface area is 121 Å². The first-order valence-electron chi connectivity index (χ1n) is 6.42. The van der Waals surface area contributed by atoms with E-state index in [9.17, 15) is 5.11 Å². The van der Waals surface area contributed by atoms with Gasteiger partial charge in [-0.05, 0) is 53.9 Å². The fourth-order valence-electron chi connectivity index (χ4n) is 2.88. The summed E-state index contributed by atoms with van der Waals surface area (Å²) in [6, 6.07) is 4.73. The van der Waals surface area contributed by atoms with Crippen LogP contribution in [-0.4, -0.2) is 35.2 Å². The highest BCUT2D eigenvalue weighted by molar-refractivity contribution is 9.11. The molecule has 3 N–H and O–H groups in total. The molecule has 4 unspecified atom stereocenters. The topological polar surface area (TPSA) is 49.5 Å². The van der Waals surface area contributed by atoms with Gasteiger partial charge < -0.3 is 10.8 Å². The highest BCUT2D eigenvalue weighted by atomic mass is 79.9. The van der Waals surface area contributed by atoms with Crippen molar-refractivity contribution in [3.63, 3.8) is 0 Å². The molecule has 3 nitrogen and oxygen atoms in total. The molecule has 0 amide bonds. The molecule has 0 spiro atoms. The molecule has 0 aromatic carbocycles. The molecule has 1 fully saturated rings. The average molecular weight is 333 g/mol. The van der Waals surface area contributed by atoms with Crippen molar-refractivity contribution in [3.8, 4) is 0 Å². The predicted molar refractivity (Wildman–Crippen MR) is 79.8 cm³/mol. The van der Waals surface area contributed by atoms with Crippen LogP contribution in [0.4, 0.5) is 0 Å². The van der Waals surface area contributed by atoms with E-state index in [1.54, 1.807) is 11.3 Å². The quantitative estimate of drug-likeness (QED) is 0.890. The van der Waals surface area contributed by atoms with Gasteiger partial charge in [-0.1, -0.05) is 6.92 Å². The lowest BCUT2D eigenvalue weighted by Crippen LogP contribution is -2.44. The number of likely N-dealkylation sites (tertiary alicyclic amines) is 1. The molecule has 0 bridgehead atoms. The Kier molecular flexibility index (Phi) is 4.83. The van der Waals surface area contributed by atoms with Crippen molar-refractivity contribution in [2.75, 3.05) is 13.2 Å². The second-order valence-corrected chi connectivity index (χ2v) is 7.69. The summed E-state index contributed by atoms with van der Waals surface area (Å²) in [6.45, 7) is 5.50. The maximum atomic E-state index is 9.60. The smallest absolute Gasteiger partial charge is 0.0702 e. The molecule has 1 aromatic rings. The van der Waals surface area contributed by atoms with Gasteiger partial charge in [0.05, 0.1) is 16.4 Å². The van der Waals surface area contributed by atoms with Crippen LogP contribution in [0.15, 0.2) is 15.9 Å².